The lowest BCUT2D eigenvalue weighted by atomic mass is 10.1. The van der Waals surface area contributed by atoms with Crippen molar-refractivity contribution < 1.29 is 19.4 Å². The van der Waals surface area contributed by atoms with Gasteiger partial charge in [0.25, 0.3) is 0 Å². The largest absolute Gasteiger partial charge is 0.497 e. The summed E-state index contributed by atoms with van der Waals surface area (Å²) in [5, 5.41) is 14.5. The van der Waals surface area contributed by atoms with Gasteiger partial charge in [-0.1, -0.05) is 24.3 Å². The predicted octanol–water partition coefficient (Wildman–Crippen LogP) is 3.97. The van der Waals surface area contributed by atoms with Crippen molar-refractivity contribution in [2.24, 2.45) is 0 Å². The summed E-state index contributed by atoms with van der Waals surface area (Å²) in [6.07, 6.45) is 2.34. The molecule has 1 aliphatic heterocycles. The third-order valence-corrected chi connectivity index (χ3v) is 5.87. The molecule has 0 unspecified atom stereocenters. The van der Waals surface area contributed by atoms with Crippen LogP contribution in [0.25, 0.3) is 10.9 Å². The van der Waals surface area contributed by atoms with Gasteiger partial charge in [0, 0.05) is 43.3 Å². The third-order valence-electron chi connectivity index (χ3n) is 5.87. The van der Waals surface area contributed by atoms with Crippen LogP contribution in [0.4, 0.5) is 0 Å². The predicted molar refractivity (Wildman–Crippen MR) is 116 cm³/mol. The molecule has 4 rings (SSSR count). The molecule has 2 N–H and O–H groups in total. The number of nitrogens with one attached hydrogen (secondary N) is 1. The Labute approximate surface area is 176 Å². The molecule has 0 amide bonds. The maximum atomic E-state index is 12.4. The summed E-state index contributed by atoms with van der Waals surface area (Å²) in [6, 6.07) is 13.8. The summed E-state index contributed by atoms with van der Waals surface area (Å²) in [6.45, 7) is 4.54. The van der Waals surface area contributed by atoms with E-state index in [1.807, 2.05) is 54.0 Å². The Bertz CT molecular complexity index is 1050. The zero-order chi connectivity index (χ0) is 21.1. The highest BCUT2D eigenvalue weighted by atomic mass is 16.5. The topological polar surface area (TPSA) is 72.7 Å². The zero-order valence-corrected chi connectivity index (χ0v) is 17.5. The molecule has 1 aromatic heterocycles. The molecule has 1 atom stereocenters. The SMILES string of the molecule is COc1ccc2c(CNC[C@H]3CCCO3)c(C(=O)O)n(Cc3ccccc3C)c2c1. The number of aromatic nitrogens is 1. The maximum Gasteiger partial charge on any atom is 0.352 e. The summed E-state index contributed by atoms with van der Waals surface area (Å²) in [5.41, 5.74) is 4.22. The average Bonchev–Trinajstić information content (AvgIpc) is 3.36. The molecule has 30 heavy (non-hydrogen) atoms. The molecule has 6 heteroatoms. The van der Waals surface area contributed by atoms with E-state index in [0.29, 0.717) is 24.5 Å². The van der Waals surface area contributed by atoms with Gasteiger partial charge in [-0.15, -0.1) is 0 Å². The van der Waals surface area contributed by atoms with Crippen molar-refractivity contribution in [1.29, 1.82) is 0 Å². The van der Waals surface area contributed by atoms with Crippen molar-refractivity contribution in [2.75, 3.05) is 20.3 Å². The highest BCUT2D eigenvalue weighted by molar-refractivity contribution is 5.98. The number of hydrogen-bond acceptors (Lipinski definition) is 4. The smallest absolute Gasteiger partial charge is 0.352 e. The first-order valence-corrected chi connectivity index (χ1v) is 10.4. The number of benzene rings is 2. The van der Waals surface area contributed by atoms with E-state index >= 15 is 0 Å². The van der Waals surface area contributed by atoms with Crippen LogP contribution in [-0.2, 0) is 17.8 Å². The first-order valence-electron chi connectivity index (χ1n) is 10.4. The summed E-state index contributed by atoms with van der Waals surface area (Å²) >= 11 is 0. The van der Waals surface area contributed by atoms with Gasteiger partial charge in [0.05, 0.1) is 18.7 Å². The van der Waals surface area contributed by atoms with Crippen LogP contribution < -0.4 is 10.1 Å². The van der Waals surface area contributed by atoms with Crippen molar-refractivity contribution >= 4 is 16.9 Å². The standard InChI is InChI=1S/C24H28N2O4/c1-16-6-3-4-7-17(16)15-26-22-12-18(29-2)9-10-20(22)21(23(26)24(27)28)14-25-13-19-8-5-11-30-19/h3-4,6-7,9-10,12,19,25H,5,8,11,13-15H2,1-2H3,(H,27,28)/t19-/m1/s1. The van der Waals surface area contributed by atoms with Crippen molar-refractivity contribution in [2.45, 2.75) is 39.0 Å². The minimum atomic E-state index is -0.923. The molecule has 1 saturated heterocycles. The van der Waals surface area contributed by atoms with Crippen molar-refractivity contribution in [3.8, 4) is 5.75 Å². The normalized spacial score (nSPS) is 16.3. The molecule has 1 fully saturated rings. The fourth-order valence-electron chi connectivity index (χ4n) is 4.24. The summed E-state index contributed by atoms with van der Waals surface area (Å²) in [7, 11) is 1.62. The Kier molecular flexibility index (Phi) is 6.06. The van der Waals surface area contributed by atoms with E-state index < -0.39 is 5.97 Å². The molecule has 0 radical (unpaired) electrons. The number of nitrogens with zero attached hydrogens (tertiary/aromatic N) is 1. The molecule has 3 aromatic rings. The van der Waals surface area contributed by atoms with E-state index in [0.717, 1.165) is 53.6 Å². The van der Waals surface area contributed by atoms with E-state index in [4.69, 9.17) is 9.47 Å². The van der Waals surface area contributed by atoms with E-state index in [1.165, 1.54) is 0 Å². The van der Waals surface area contributed by atoms with Gasteiger partial charge in [-0.05, 0) is 43.0 Å². The van der Waals surface area contributed by atoms with Crippen LogP contribution in [0.15, 0.2) is 42.5 Å². The third kappa shape index (κ3) is 4.06. The number of carbonyl (C=O) groups is 1. The van der Waals surface area contributed by atoms with E-state index in [-0.39, 0.29) is 6.10 Å². The fraction of sp³-hybridized carbons (Fsp3) is 0.375. The molecule has 2 heterocycles. The average molecular weight is 408 g/mol. The van der Waals surface area contributed by atoms with Crippen molar-refractivity contribution in [3.05, 3.63) is 64.8 Å². The quantitative estimate of drug-likeness (QED) is 0.590. The number of methoxy groups -OCH3 is 1. The number of rotatable bonds is 8. The number of carboxylic acids is 1. The van der Waals surface area contributed by atoms with Crippen LogP contribution in [-0.4, -0.2) is 42.0 Å². The number of aromatic carboxylic acids is 1. The zero-order valence-electron chi connectivity index (χ0n) is 17.5. The van der Waals surface area contributed by atoms with Gasteiger partial charge >= 0.3 is 5.97 Å². The Morgan fingerprint density at radius 1 is 1.30 bits per heavy atom. The fourth-order valence-corrected chi connectivity index (χ4v) is 4.24. The molecule has 158 valence electrons. The molecule has 2 aromatic carbocycles. The molecule has 0 spiro atoms. The van der Waals surface area contributed by atoms with Crippen molar-refractivity contribution in [1.82, 2.24) is 9.88 Å². The van der Waals surface area contributed by atoms with Gasteiger partial charge in [-0.2, -0.15) is 0 Å². The molecule has 0 saturated carbocycles. The molecule has 6 nitrogen and oxygen atoms in total. The number of carboxylic acid groups (broad SMARTS) is 1. The van der Waals surface area contributed by atoms with Crippen LogP contribution in [0.2, 0.25) is 0 Å². The summed E-state index contributed by atoms with van der Waals surface area (Å²) < 4.78 is 13.0. The van der Waals surface area contributed by atoms with Gasteiger partial charge in [0.1, 0.15) is 11.4 Å². The first kappa shape index (κ1) is 20.4. The van der Waals surface area contributed by atoms with E-state index in [1.54, 1.807) is 7.11 Å². The Morgan fingerprint density at radius 2 is 2.13 bits per heavy atom. The summed E-state index contributed by atoms with van der Waals surface area (Å²) in [5.74, 6) is -0.213. The van der Waals surface area contributed by atoms with Crippen LogP contribution in [0, 0.1) is 6.92 Å². The maximum absolute atomic E-state index is 12.4. The number of ether oxygens (including phenoxy) is 2. The summed E-state index contributed by atoms with van der Waals surface area (Å²) in [4.78, 5) is 12.4. The van der Waals surface area contributed by atoms with E-state index in [2.05, 4.69) is 5.32 Å². The van der Waals surface area contributed by atoms with Crippen molar-refractivity contribution in [3.63, 3.8) is 0 Å². The monoisotopic (exact) mass is 408 g/mol. The van der Waals surface area contributed by atoms with Crippen LogP contribution >= 0.6 is 0 Å². The van der Waals surface area contributed by atoms with Gasteiger partial charge in [-0.3, -0.25) is 0 Å². The molecular weight excluding hydrogens is 380 g/mol. The molecule has 0 bridgehead atoms. The van der Waals surface area contributed by atoms with Crippen LogP contribution in [0.3, 0.4) is 0 Å². The number of fused-ring (bicyclic) bond motifs is 1. The Morgan fingerprint density at radius 3 is 2.83 bits per heavy atom. The van der Waals surface area contributed by atoms with Crippen LogP contribution in [0.5, 0.6) is 5.75 Å². The van der Waals surface area contributed by atoms with Gasteiger partial charge in [0.15, 0.2) is 0 Å². The second-order valence-electron chi connectivity index (χ2n) is 7.79. The van der Waals surface area contributed by atoms with E-state index in [9.17, 15) is 9.90 Å². The first-order chi connectivity index (χ1) is 14.6. The Hall–Kier alpha value is -2.83. The second kappa shape index (κ2) is 8.90. The molecule has 1 aliphatic rings. The Balaban J connectivity index is 1.76. The lowest BCUT2D eigenvalue weighted by Crippen LogP contribution is -2.26. The van der Waals surface area contributed by atoms with Crippen LogP contribution in [0.1, 0.15) is 40.0 Å². The molecular formula is C24H28N2O4. The molecule has 0 aliphatic carbocycles. The lowest BCUT2D eigenvalue weighted by Gasteiger charge is -2.13. The van der Waals surface area contributed by atoms with Gasteiger partial charge in [-0.25, -0.2) is 4.79 Å². The van der Waals surface area contributed by atoms with Gasteiger partial charge < -0.3 is 24.5 Å². The number of aryl methyl sites for hydroxylation is 1. The minimum absolute atomic E-state index is 0.207. The minimum Gasteiger partial charge on any atom is -0.497 e. The number of hydrogen-bond donors (Lipinski definition) is 2. The highest BCUT2D eigenvalue weighted by Crippen LogP contribution is 2.31. The van der Waals surface area contributed by atoms with Gasteiger partial charge in [0.2, 0.25) is 0 Å². The second-order valence-corrected chi connectivity index (χ2v) is 7.79. The lowest BCUT2D eigenvalue weighted by molar-refractivity contribution is 0.0684. The highest BCUT2D eigenvalue weighted by Gasteiger charge is 2.24.